The number of nitrogens with zero attached hydrogens (tertiary/aromatic N) is 2. The largest absolute Gasteiger partial charge is 0.465 e. The van der Waals surface area contributed by atoms with Crippen LogP contribution in [-0.2, 0) is 14.8 Å². The van der Waals surface area contributed by atoms with Crippen molar-refractivity contribution in [3.63, 3.8) is 0 Å². The molecule has 8 nitrogen and oxygen atoms in total. The Morgan fingerprint density at radius 1 is 1.26 bits per heavy atom. The zero-order valence-electron chi connectivity index (χ0n) is 12.1. The van der Waals surface area contributed by atoms with E-state index in [0.29, 0.717) is 0 Å². The van der Waals surface area contributed by atoms with Crippen LogP contribution in [0.1, 0.15) is 0 Å². The van der Waals surface area contributed by atoms with Crippen molar-refractivity contribution < 1.29 is 23.1 Å². The monoisotopic (exact) mass is 405 g/mol. The molecule has 0 unspecified atom stereocenters. The fourth-order valence-electron chi connectivity index (χ4n) is 2.18. The number of carbonyl (C=O) groups is 2. The summed E-state index contributed by atoms with van der Waals surface area (Å²) in [4.78, 5) is 24.0. The Bertz CT molecular complexity index is 692. The lowest BCUT2D eigenvalue weighted by Crippen LogP contribution is -2.53. The minimum absolute atomic E-state index is 0.112. The summed E-state index contributed by atoms with van der Waals surface area (Å²) in [7, 11) is -3.71. The van der Waals surface area contributed by atoms with Gasteiger partial charge in [0, 0.05) is 30.7 Å². The van der Waals surface area contributed by atoms with Crippen LogP contribution in [0, 0.1) is 0 Å². The Kier molecular flexibility index (Phi) is 5.60. The van der Waals surface area contributed by atoms with E-state index in [-0.39, 0.29) is 43.5 Å². The van der Waals surface area contributed by atoms with E-state index in [9.17, 15) is 18.0 Å². The number of carbonyl (C=O) groups excluding carboxylic acids is 1. The van der Waals surface area contributed by atoms with Gasteiger partial charge in [0.2, 0.25) is 15.9 Å². The van der Waals surface area contributed by atoms with Crippen molar-refractivity contribution in [1.29, 1.82) is 0 Å². The maximum Gasteiger partial charge on any atom is 0.404 e. The summed E-state index contributed by atoms with van der Waals surface area (Å²) in [6.45, 7) is 0.496. The van der Waals surface area contributed by atoms with Gasteiger partial charge in [0.25, 0.3) is 0 Å². The van der Waals surface area contributed by atoms with E-state index in [4.69, 9.17) is 5.11 Å². The van der Waals surface area contributed by atoms with Gasteiger partial charge in [-0.2, -0.15) is 4.31 Å². The summed E-state index contributed by atoms with van der Waals surface area (Å²) in [5.74, 6) is -0.343. The summed E-state index contributed by atoms with van der Waals surface area (Å²) in [6.07, 6.45) is -1.16. The van der Waals surface area contributed by atoms with Crippen molar-refractivity contribution in [3.8, 4) is 0 Å². The zero-order chi connectivity index (χ0) is 17.0. The highest BCUT2D eigenvalue weighted by Crippen LogP contribution is 2.20. The molecule has 0 spiro atoms. The van der Waals surface area contributed by atoms with Crippen molar-refractivity contribution in [3.05, 3.63) is 28.7 Å². The van der Waals surface area contributed by atoms with Gasteiger partial charge in [-0.3, -0.25) is 4.79 Å². The van der Waals surface area contributed by atoms with Crippen molar-refractivity contribution in [2.75, 3.05) is 32.7 Å². The minimum atomic E-state index is -3.71. The van der Waals surface area contributed by atoms with Gasteiger partial charge >= 0.3 is 6.09 Å². The number of halogens is 1. The molecule has 2 rings (SSSR count). The fraction of sp³-hybridized carbons (Fsp3) is 0.385. The maximum atomic E-state index is 12.5. The number of hydrogen-bond acceptors (Lipinski definition) is 4. The highest BCUT2D eigenvalue weighted by molar-refractivity contribution is 9.10. The SMILES string of the molecule is O=C(O)NCCN1CCN(S(=O)(=O)c2ccc(Br)cc2)CC1=O. The van der Waals surface area contributed by atoms with E-state index < -0.39 is 16.1 Å². The summed E-state index contributed by atoms with van der Waals surface area (Å²) >= 11 is 3.24. The molecule has 1 aliphatic heterocycles. The molecule has 0 aromatic heterocycles. The molecule has 2 N–H and O–H groups in total. The summed E-state index contributed by atoms with van der Waals surface area (Å²) in [5.41, 5.74) is 0. The Morgan fingerprint density at radius 3 is 2.48 bits per heavy atom. The summed E-state index contributed by atoms with van der Waals surface area (Å²) in [5, 5.41) is 10.7. The molecule has 0 saturated carbocycles. The van der Waals surface area contributed by atoms with Gasteiger partial charge in [0.05, 0.1) is 11.4 Å². The van der Waals surface area contributed by atoms with Crippen LogP contribution in [0.3, 0.4) is 0 Å². The molecule has 0 aliphatic carbocycles. The summed E-state index contributed by atoms with van der Waals surface area (Å²) < 4.78 is 26.9. The first-order valence-electron chi connectivity index (χ1n) is 6.81. The number of hydrogen-bond donors (Lipinski definition) is 2. The molecule has 1 saturated heterocycles. The molecular weight excluding hydrogens is 390 g/mol. The first-order chi connectivity index (χ1) is 10.8. The average Bonchev–Trinajstić information content (AvgIpc) is 2.49. The van der Waals surface area contributed by atoms with E-state index in [1.807, 2.05) is 0 Å². The number of benzene rings is 1. The Labute approximate surface area is 142 Å². The van der Waals surface area contributed by atoms with Crippen molar-refractivity contribution in [2.45, 2.75) is 4.90 Å². The van der Waals surface area contributed by atoms with Gasteiger partial charge < -0.3 is 15.3 Å². The smallest absolute Gasteiger partial charge is 0.404 e. The zero-order valence-corrected chi connectivity index (χ0v) is 14.5. The van der Waals surface area contributed by atoms with E-state index >= 15 is 0 Å². The highest BCUT2D eigenvalue weighted by atomic mass is 79.9. The van der Waals surface area contributed by atoms with Gasteiger partial charge in [-0.1, -0.05) is 15.9 Å². The number of amides is 2. The molecule has 0 atom stereocenters. The molecule has 10 heteroatoms. The van der Waals surface area contributed by atoms with Crippen molar-refractivity contribution in [2.24, 2.45) is 0 Å². The van der Waals surface area contributed by atoms with Gasteiger partial charge in [-0.15, -0.1) is 0 Å². The van der Waals surface area contributed by atoms with Gasteiger partial charge in [0.1, 0.15) is 0 Å². The standard InChI is InChI=1S/C13H16BrN3O5S/c14-10-1-3-11(4-2-10)23(21,22)17-8-7-16(12(18)9-17)6-5-15-13(19)20/h1-4,15H,5-9H2,(H,19,20). The third-order valence-electron chi connectivity index (χ3n) is 3.39. The molecule has 0 bridgehead atoms. The van der Waals surface area contributed by atoms with Gasteiger partial charge in [0.15, 0.2) is 0 Å². The van der Waals surface area contributed by atoms with Crippen LogP contribution in [0.2, 0.25) is 0 Å². The minimum Gasteiger partial charge on any atom is -0.465 e. The van der Waals surface area contributed by atoms with Gasteiger partial charge in [-0.05, 0) is 24.3 Å². The fourth-order valence-corrected chi connectivity index (χ4v) is 3.83. The van der Waals surface area contributed by atoms with Crippen LogP contribution >= 0.6 is 15.9 Å². The van der Waals surface area contributed by atoms with E-state index in [1.165, 1.54) is 17.0 Å². The first-order valence-corrected chi connectivity index (χ1v) is 9.04. The van der Waals surface area contributed by atoms with E-state index in [0.717, 1.165) is 8.78 Å². The van der Waals surface area contributed by atoms with Gasteiger partial charge in [-0.25, -0.2) is 13.2 Å². The topological polar surface area (TPSA) is 107 Å². The van der Waals surface area contributed by atoms with Crippen LogP contribution in [0.15, 0.2) is 33.6 Å². The molecule has 0 radical (unpaired) electrons. The number of sulfonamides is 1. The molecular formula is C13H16BrN3O5S. The second-order valence-electron chi connectivity index (χ2n) is 4.91. The van der Waals surface area contributed by atoms with Crippen LogP contribution in [0.5, 0.6) is 0 Å². The first kappa shape index (κ1) is 17.7. The van der Waals surface area contributed by atoms with Crippen molar-refractivity contribution >= 4 is 38.0 Å². The number of piperazine rings is 1. The molecule has 126 valence electrons. The molecule has 2 amide bonds. The lowest BCUT2D eigenvalue weighted by atomic mass is 10.3. The maximum absolute atomic E-state index is 12.5. The van der Waals surface area contributed by atoms with Crippen LogP contribution in [0.25, 0.3) is 0 Å². The quantitative estimate of drug-likeness (QED) is 0.743. The van der Waals surface area contributed by atoms with Crippen LogP contribution in [0.4, 0.5) is 4.79 Å². The van der Waals surface area contributed by atoms with Crippen LogP contribution < -0.4 is 5.32 Å². The Balaban J connectivity index is 2.00. The predicted molar refractivity (Wildman–Crippen MR) is 85.5 cm³/mol. The number of carboxylic acid groups (broad SMARTS) is 1. The Hall–Kier alpha value is -1.65. The second-order valence-corrected chi connectivity index (χ2v) is 7.76. The van der Waals surface area contributed by atoms with E-state index in [1.54, 1.807) is 12.1 Å². The molecule has 1 fully saturated rings. The normalized spacial score (nSPS) is 16.4. The lowest BCUT2D eigenvalue weighted by Gasteiger charge is -2.33. The average molecular weight is 406 g/mol. The molecule has 1 heterocycles. The lowest BCUT2D eigenvalue weighted by molar-refractivity contribution is -0.133. The highest BCUT2D eigenvalue weighted by Gasteiger charge is 2.32. The number of rotatable bonds is 5. The third kappa shape index (κ3) is 4.43. The summed E-state index contributed by atoms with van der Waals surface area (Å²) in [6, 6.07) is 6.21. The number of nitrogens with one attached hydrogen (secondary N) is 1. The second kappa shape index (κ2) is 7.28. The Morgan fingerprint density at radius 2 is 1.91 bits per heavy atom. The molecule has 1 aromatic rings. The molecule has 1 aliphatic rings. The molecule has 1 aromatic carbocycles. The van der Waals surface area contributed by atoms with Crippen LogP contribution in [-0.4, -0.2) is 67.5 Å². The molecule has 23 heavy (non-hydrogen) atoms. The predicted octanol–water partition coefficient (Wildman–Crippen LogP) is 0.550. The van der Waals surface area contributed by atoms with E-state index in [2.05, 4.69) is 21.2 Å². The third-order valence-corrected chi connectivity index (χ3v) is 5.78. The van der Waals surface area contributed by atoms with Crippen molar-refractivity contribution in [1.82, 2.24) is 14.5 Å².